The van der Waals surface area contributed by atoms with Crippen LogP contribution in [0.25, 0.3) is 0 Å². The maximum atomic E-state index is 12.7. The minimum absolute atomic E-state index is 0.407. The molecule has 0 aliphatic carbocycles. The van der Waals surface area contributed by atoms with Gasteiger partial charge in [-0.3, -0.25) is 0 Å². The van der Waals surface area contributed by atoms with E-state index in [1.807, 2.05) is 0 Å². The van der Waals surface area contributed by atoms with Crippen LogP contribution in [0, 0.1) is 5.82 Å². The van der Waals surface area contributed by atoms with Gasteiger partial charge in [-0.25, -0.2) is 14.0 Å². The molecule has 74 valence electrons. The summed E-state index contributed by atoms with van der Waals surface area (Å²) in [6, 6.07) is 1.37. The van der Waals surface area contributed by atoms with E-state index in [4.69, 9.17) is 15.9 Å². The first-order valence-electron chi connectivity index (χ1n) is 3.49. The lowest BCUT2D eigenvalue weighted by atomic mass is 10.1. The summed E-state index contributed by atoms with van der Waals surface area (Å²) in [5, 5.41) is 17.2. The van der Waals surface area contributed by atoms with Crippen LogP contribution in [0.5, 0.6) is 0 Å². The Hall–Kier alpha value is -2.11. The van der Waals surface area contributed by atoms with Gasteiger partial charge in [-0.1, -0.05) is 0 Å². The van der Waals surface area contributed by atoms with Gasteiger partial charge in [-0.15, -0.1) is 0 Å². The lowest BCUT2D eigenvalue weighted by Crippen LogP contribution is -2.11. The largest absolute Gasteiger partial charge is 0.478 e. The maximum absolute atomic E-state index is 12.7. The zero-order chi connectivity index (χ0) is 10.9. The molecule has 1 rings (SSSR count). The molecule has 0 heterocycles. The van der Waals surface area contributed by atoms with E-state index >= 15 is 0 Å². The van der Waals surface area contributed by atoms with Crippen molar-refractivity contribution >= 4 is 17.6 Å². The molecule has 0 radical (unpaired) electrons. The van der Waals surface area contributed by atoms with Crippen LogP contribution in [0.1, 0.15) is 20.7 Å². The Morgan fingerprint density at radius 1 is 1.21 bits per heavy atom. The zero-order valence-corrected chi connectivity index (χ0v) is 6.82. The van der Waals surface area contributed by atoms with Crippen LogP contribution < -0.4 is 5.73 Å². The van der Waals surface area contributed by atoms with Gasteiger partial charge in [0, 0.05) is 5.69 Å². The molecule has 4 N–H and O–H groups in total. The highest BCUT2D eigenvalue weighted by atomic mass is 19.1. The molecule has 5 nitrogen and oxygen atoms in total. The summed E-state index contributed by atoms with van der Waals surface area (Å²) in [6.45, 7) is 0. The molecular weight excluding hydrogens is 193 g/mol. The minimum atomic E-state index is -1.53. The Kier molecular flexibility index (Phi) is 2.37. The van der Waals surface area contributed by atoms with Crippen LogP contribution in [0.2, 0.25) is 0 Å². The fourth-order valence-electron chi connectivity index (χ4n) is 1.04. The van der Waals surface area contributed by atoms with E-state index in [-0.39, 0.29) is 0 Å². The van der Waals surface area contributed by atoms with Gasteiger partial charge >= 0.3 is 11.9 Å². The number of halogens is 1. The molecule has 0 saturated heterocycles. The average molecular weight is 199 g/mol. The molecule has 0 amide bonds. The van der Waals surface area contributed by atoms with E-state index in [1.54, 1.807) is 0 Å². The van der Waals surface area contributed by atoms with Crippen molar-refractivity contribution in [3.8, 4) is 0 Å². The molecule has 0 unspecified atom stereocenters. The Labute approximate surface area is 77.6 Å². The summed E-state index contributed by atoms with van der Waals surface area (Å²) in [5.41, 5.74) is 3.51. The molecule has 0 fully saturated rings. The highest BCUT2D eigenvalue weighted by molar-refractivity contribution is 6.05. The summed E-state index contributed by atoms with van der Waals surface area (Å²) >= 11 is 0. The summed E-state index contributed by atoms with van der Waals surface area (Å²) < 4.78 is 12.7. The first-order chi connectivity index (χ1) is 6.43. The van der Waals surface area contributed by atoms with Gasteiger partial charge in [0.15, 0.2) is 0 Å². The van der Waals surface area contributed by atoms with Crippen molar-refractivity contribution in [2.45, 2.75) is 0 Å². The minimum Gasteiger partial charge on any atom is -0.478 e. The van der Waals surface area contributed by atoms with Gasteiger partial charge in [-0.2, -0.15) is 0 Å². The van der Waals surface area contributed by atoms with Gasteiger partial charge < -0.3 is 15.9 Å². The summed E-state index contributed by atoms with van der Waals surface area (Å²) in [7, 11) is 0. The third-order valence-corrected chi connectivity index (χ3v) is 1.58. The second kappa shape index (κ2) is 3.33. The summed E-state index contributed by atoms with van der Waals surface area (Å²) in [6.07, 6.45) is 0. The van der Waals surface area contributed by atoms with Crippen molar-refractivity contribution in [1.82, 2.24) is 0 Å². The molecule has 1 aromatic rings. The predicted octanol–water partition coefficient (Wildman–Crippen LogP) is 0.804. The normalized spacial score (nSPS) is 9.79. The molecule has 1 aromatic carbocycles. The first kappa shape index (κ1) is 9.97. The molecular formula is C8H6FNO4. The number of benzene rings is 1. The van der Waals surface area contributed by atoms with E-state index in [9.17, 15) is 14.0 Å². The monoisotopic (exact) mass is 199 g/mol. The molecule has 0 aliphatic heterocycles. The highest BCUT2D eigenvalue weighted by Gasteiger charge is 2.20. The number of nitrogens with two attached hydrogens (primary N) is 1. The zero-order valence-electron chi connectivity index (χ0n) is 6.82. The van der Waals surface area contributed by atoms with Crippen molar-refractivity contribution in [3.05, 3.63) is 29.1 Å². The topological polar surface area (TPSA) is 101 Å². The van der Waals surface area contributed by atoms with Crippen LogP contribution in [0.4, 0.5) is 10.1 Å². The smallest absolute Gasteiger partial charge is 0.338 e. The van der Waals surface area contributed by atoms with Gasteiger partial charge in [0.25, 0.3) is 0 Å². The predicted molar refractivity (Wildman–Crippen MR) is 44.7 cm³/mol. The van der Waals surface area contributed by atoms with Crippen molar-refractivity contribution in [2.24, 2.45) is 0 Å². The van der Waals surface area contributed by atoms with Crippen LogP contribution in [-0.2, 0) is 0 Å². The second-order valence-corrected chi connectivity index (χ2v) is 2.53. The molecule has 14 heavy (non-hydrogen) atoms. The van der Waals surface area contributed by atoms with Gasteiger partial charge in [0.05, 0.1) is 11.1 Å². The lowest BCUT2D eigenvalue weighted by Gasteiger charge is -2.04. The number of carboxylic acids is 2. The Bertz CT molecular complexity index is 416. The standard InChI is InChI=1S/C8H6FNO4/c9-3-1-4(7(11)12)6(8(13)14)5(10)2-3/h1-2H,10H2,(H,11,12)(H,13,14). The van der Waals surface area contributed by atoms with Crippen molar-refractivity contribution < 1.29 is 24.2 Å². The number of hydrogen-bond donors (Lipinski definition) is 3. The Morgan fingerprint density at radius 2 is 1.79 bits per heavy atom. The number of carboxylic acid groups (broad SMARTS) is 2. The molecule has 0 bridgehead atoms. The number of hydrogen-bond acceptors (Lipinski definition) is 3. The highest BCUT2D eigenvalue weighted by Crippen LogP contribution is 2.19. The molecule has 6 heteroatoms. The third-order valence-electron chi connectivity index (χ3n) is 1.58. The summed E-state index contributed by atoms with van der Waals surface area (Å²) in [4.78, 5) is 21.1. The molecule has 0 aliphatic rings. The molecule has 0 saturated carbocycles. The van der Waals surface area contributed by atoms with Crippen molar-refractivity contribution in [3.63, 3.8) is 0 Å². The lowest BCUT2D eigenvalue weighted by molar-refractivity contribution is 0.0652. The first-order valence-corrected chi connectivity index (χ1v) is 3.49. The van der Waals surface area contributed by atoms with E-state index in [2.05, 4.69) is 0 Å². The van der Waals surface area contributed by atoms with Gasteiger partial charge in [0.2, 0.25) is 0 Å². The van der Waals surface area contributed by atoms with Crippen molar-refractivity contribution in [2.75, 3.05) is 5.73 Å². The van der Waals surface area contributed by atoms with Crippen LogP contribution in [0.15, 0.2) is 12.1 Å². The quantitative estimate of drug-likeness (QED) is 0.611. The number of nitrogen functional groups attached to an aromatic ring is 1. The fraction of sp³-hybridized carbons (Fsp3) is 0. The van der Waals surface area contributed by atoms with Gasteiger partial charge in [0.1, 0.15) is 5.82 Å². The number of aromatic carboxylic acids is 2. The van der Waals surface area contributed by atoms with Crippen LogP contribution in [0.3, 0.4) is 0 Å². The SMILES string of the molecule is Nc1cc(F)cc(C(=O)O)c1C(=O)O. The van der Waals surface area contributed by atoms with E-state index < -0.39 is 34.6 Å². The second-order valence-electron chi connectivity index (χ2n) is 2.53. The maximum Gasteiger partial charge on any atom is 0.338 e. The third kappa shape index (κ3) is 1.63. The van der Waals surface area contributed by atoms with Crippen LogP contribution in [-0.4, -0.2) is 22.2 Å². The van der Waals surface area contributed by atoms with E-state index in [0.29, 0.717) is 6.07 Å². The molecule has 0 aromatic heterocycles. The molecule has 0 atom stereocenters. The Balaban J connectivity index is 3.52. The van der Waals surface area contributed by atoms with Crippen LogP contribution >= 0.6 is 0 Å². The number of rotatable bonds is 2. The number of anilines is 1. The fourth-order valence-corrected chi connectivity index (χ4v) is 1.04. The average Bonchev–Trinajstić information content (AvgIpc) is 2.01. The molecule has 0 spiro atoms. The summed E-state index contributed by atoms with van der Waals surface area (Å²) in [5.74, 6) is -3.92. The Morgan fingerprint density at radius 3 is 2.21 bits per heavy atom. The van der Waals surface area contributed by atoms with Crippen molar-refractivity contribution in [1.29, 1.82) is 0 Å². The van der Waals surface area contributed by atoms with E-state index in [0.717, 1.165) is 6.07 Å². The number of carbonyl (C=O) groups is 2. The van der Waals surface area contributed by atoms with E-state index in [1.165, 1.54) is 0 Å². The van der Waals surface area contributed by atoms with Gasteiger partial charge in [-0.05, 0) is 12.1 Å².